The fourth-order valence-electron chi connectivity index (χ4n) is 2.73. The summed E-state index contributed by atoms with van der Waals surface area (Å²) in [6, 6.07) is 13.4. The van der Waals surface area contributed by atoms with Crippen LogP contribution in [0.25, 0.3) is 0 Å². The first kappa shape index (κ1) is 23.0. The third-order valence-electron chi connectivity index (χ3n) is 4.14. The number of pyridine rings is 1. The average Bonchev–Trinajstić information content (AvgIpc) is 2.69. The summed E-state index contributed by atoms with van der Waals surface area (Å²) in [6.45, 7) is -0.306. The highest BCUT2D eigenvalue weighted by Crippen LogP contribution is 2.29. The molecule has 0 unspecified atom stereocenters. The second-order valence-electron chi connectivity index (χ2n) is 6.57. The van der Waals surface area contributed by atoms with E-state index < -0.39 is 27.7 Å². The number of sulfonamides is 1. The van der Waals surface area contributed by atoms with E-state index in [0.717, 1.165) is 28.9 Å². The number of aromatic nitrogens is 1. The number of ether oxygens (including phenoxy) is 2. The van der Waals surface area contributed by atoms with Crippen LogP contribution < -0.4 is 19.3 Å². The summed E-state index contributed by atoms with van der Waals surface area (Å²) in [5, 5.41) is 9.49. The minimum Gasteiger partial charge on any atom is -0.457 e. The number of hydrogen-bond donors (Lipinski definition) is 1. The number of nitrogens with zero attached hydrogens (tertiary/aromatic N) is 2. The molecule has 0 spiro atoms. The van der Waals surface area contributed by atoms with E-state index in [4.69, 9.17) is 4.74 Å². The Kier molecular flexibility index (Phi) is 6.35. The van der Waals surface area contributed by atoms with Crippen molar-refractivity contribution in [3.05, 3.63) is 82.8 Å². The Morgan fingerprint density at radius 3 is 2.03 bits per heavy atom. The Hall–Kier alpha value is -3.67. The second-order valence-corrected chi connectivity index (χ2v) is 8.47. The molecule has 0 radical (unpaired) electrons. The van der Waals surface area contributed by atoms with Gasteiger partial charge in [-0.3, -0.25) is 9.10 Å². The van der Waals surface area contributed by atoms with Crippen molar-refractivity contribution in [2.24, 2.45) is 0 Å². The van der Waals surface area contributed by atoms with E-state index in [0.29, 0.717) is 10.5 Å². The monoisotopic (exact) mass is 470 g/mol. The molecular formula is C20H17F3N2O6S. The predicted molar refractivity (Wildman–Crippen MR) is 109 cm³/mol. The molecule has 0 atom stereocenters. The van der Waals surface area contributed by atoms with Crippen LogP contribution in [0.4, 0.5) is 18.9 Å². The summed E-state index contributed by atoms with van der Waals surface area (Å²) in [7, 11) is -3.78. The van der Waals surface area contributed by atoms with E-state index in [1.54, 1.807) is 0 Å². The van der Waals surface area contributed by atoms with E-state index in [-0.39, 0.29) is 23.5 Å². The molecule has 3 aromatic rings. The van der Waals surface area contributed by atoms with Gasteiger partial charge in [0.2, 0.25) is 10.0 Å². The zero-order valence-corrected chi connectivity index (χ0v) is 17.3. The van der Waals surface area contributed by atoms with E-state index in [1.165, 1.54) is 48.5 Å². The van der Waals surface area contributed by atoms with Crippen LogP contribution in [0.5, 0.6) is 17.2 Å². The number of halogens is 3. The van der Waals surface area contributed by atoms with E-state index in [9.17, 15) is 31.6 Å². The molecule has 0 saturated heterocycles. The van der Waals surface area contributed by atoms with Crippen molar-refractivity contribution < 1.29 is 36.3 Å². The minimum absolute atomic E-state index is 0.0573. The van der Waals surface area contributed by atoms with Crippen molar-refractivity contribution in [2.45, 2.75) is 12.9 Å². The number of alkyl halides is 3. The van der Waals surface area contributed by atoms with Crippen molar-refractivity contribution >= 4 is 15.7 Å². The number of anilines is 1. The van der Waals surface area contributed by atoms with Crippen LogP contribution in [0.15, 0.2) is 71.7 Å². The molecule has 1 heterocycles. The number of hydrogen-bond acceptors (Lipinski definition) is 6. The molecule has 0 aliphatic carbocycles. The summed E-state index contributed by atoms with van der Waals surface area (Å²) in [4.78, 5) is 12.0. The molecule has 3 rings (SSSR count). The van der Waals surface area contributed by atoms with Gasteiger partial charge in [0.25, 0.3) is 5.56 Å². The van der Waals surface area contributed by atoms with E-state index >= 15 is 0 Å². The Morgan fingerprint density at radius 1 is 0.969 bits per heavy atom. The summed E-state index contributed by atoms with van der Waals surface area (Å²) in [5.74, 6) is 0.135. The number of rotatable bonds is 7. The van der Waals surface area contributed by atoms with Crippen LogP contribution in [-0.4, -0.2) is 31.0 Å². The molecule has 1 N–H and O–H groups in total. The Labute approximate surface area is 180 Å². The van der Waals surface area contributed by atoms with Gasteiger partial charge >= 0.3 is 6.36 Å². The van der Waals surface area contributed by atoms with E-state index in [1.807, 2.05) is 0 Å². The lowest BCUT2D eigenvalue weighted by molar-refractivity contribution is -0.274. The summed E-state index contributed by atoms with van der Waals surface area (Å²) < 4.78 is 71.9. The summed E-state index contributed by atoms with van der Waals surface area (Å²) >= 11 is 0. The molecule has 12 heteroatoms. The zero-order chi connectivity index (χ0) is 23.5. The highest BCUT2D eigenvalue weighted by molar-refractivity contribution is 7.92. The van der Waals surface area contributed by atoms with Crippen LogP contribution in [0.3, 0.4) is 0 Å². The summed E-state index contributed by atoms with van der Waals surface area (Å²) in [6.07, 6.45) is -2.69. The van der Waals surface area contributed by atoms with E-state index in [2.05, 4.69) is 4.74 Å². The molecule has 0 fully saturated rings. The Balaban J connectivity index is 1.77. The molecule has 2 aromatic carbocycles. The van der Waals surface area contributed by atoms with Crippen molar-refractivity contribution in [3.8, 4) is 17.2 Å². The van der Waals surface area contributed by atoms with Crippen LogP contribution in [0, 0.1) is 0 Å². The second kappa shape index (κ2) is 8.83. The van der Waals surface area contributed by atoms with Crippen LogP contribution in [0.2, 0.25) is 0 Å². The Bertz CT molecular complexity index is 1240. The lowest BCUT2D eigenvalue weighted by Gasteiger charge is -2.22. The molecule has 0 bridgehead atoms. The smallest absolute Gasteiger partial charge is 0.457 e. The zero-order valence-electron chi connectivity index (χ0n) is 16.5. The molecular weight excluding hydrogens is 453 g/mol. The molecule has 0 saturated carbocycles. The molecule has 0 amide bonds. The maximum atomic E-state index is 12.3. The third-order valence-corrected chi connectivity index (χ3v) is 5.28. The van der Waals surface area contributed by atoms with Crippen LogP contribution in [0.1, 0.15) is 5.56 Å². The lowest BCUT2D eigenvalue weighted by atomic mass is 10.2. The molecule has 0 aliphatic heterocycles. The predicted octanol–water partition coefficient (Wildman–Crippen LogP) is 3.74. The fraction of sp³-hybridized carbons (Fsp3) is 0.150. The lowest BCUT2D eigenvalue weighted by Crippen LogP contribution is -2.33. The first-order chi connectivity index (χ1) is 14.9. The third kappa shape index (κ3) is 5.94. The average molecular weight is 470 g/mol. The molecule has 1 aromatic heterocycles. The van der Waals surface area contributed by atoms with Gasteiger partial charge in [-0.05, 0) is 60.7 Å². The first-order valence-electron chi connectivity index (χ1n) is 8.93. The molecule has 8 nitrogen and oxygen atoms in total. The van der Waals surface area contributed by atoms with Crippen molar-refractivity contribution in [2.75, 3.05) is 10.6 Å². The van der Waals surface area contributed by atoms with Gasteiger partial charge in [0.05, 0.1) is 18.5 Å². The maximum absolute atomic E-state index is 12.3. The van der Waals surface area contributed by atoms with Crippen molar-refractivity contribution in [1.82, 2.24) is 4.73 Å². The largest absolute Gasteiger partial charge is 0.573 e. The SMILES string of the molecule is CS(=O)(=O)N(Cc1cccn(O)c1=O)c1ccc(Oc2ccc(OC(F)(F)F)cc2)cc1. The van der Waals surface area contributed by atoms with Crippen LogP contribution in [-0.2, 0) is 16.6 Å². The van der Waals surface area contributed by atoms with Crippen LogP contribution >= 0.6 is 0 Å². The molecule has 0 aliphatic rings. The fourth-order valence-corrected chi connectivity index (χ4v) is 3.61. The minimum atomic E-state index is -4.80. The normalized spacial score (nSPS) is 11.8. The van der Waals surface area contributed by atoms with Gasteiger partial charge in [0.15, 0.2) is 0 Å². The molecule has 170 valence electrons. The molecule has 32 heavy (non-hydrogen) atoms. The first-order valence-corrected chi connectivity index (χ1v) is 10.8. The standard InChI is InChI=1S/C20H17F3N2O6S/c1-32(28,29)25(13-14-3-2-12-24(27)19(14)26)15-4-6-16(7-5-15)30-17-8-10-18(11-9-17)31-20(21,22)23/h2-12,27H,13H2,1H3. The van der Waals surface area contributed by atoms with Crippen molar-refractivity contribution in [1.29, 1.82) is 0 Å². The van der Waals surface area contributed by atoms with Gasteiger partial charge < -0.3 is 14.7 Å². The van der Waals surface area contributed by atoms with Gasteiger partial charge in [-0.1, -0.05) is 0 Å². The van der Waals surface area contributed by atoms with Gasteiger partial charge in [-0.2, -0.15) is 4.73 Å². The van der Waals surface area contributed by atoms with Crippen molar-refractivity contribution in [3.63, 3.8) is 0 Å². The summed E-state index contributed by atoms with van der Waals surface area (Å²) in [5.41, 5.74) is -0.456. The van der Waals surface area contributed by atoms with Gasteiger partial charge in [-0.25, -0.2) is 8.42 Å². The van der Waals surface area contributed by atoms with Gasteiger partial charge in [0.1, 0.15) is 17.2 Å². The highest BCUT2D eigenvalue weighted by Gasteiger charge is 2.31. The van der Waals surface area contributed by atoms with Gasteiger partial charge in [0, 0.05) is 11.8 Å². The highest BCUT2D eigenvalue weighted by atomic mass is 32.2. The Morgan fingerprint density at radius 2 is 1.50 bits per heavy atom. The topological polar surface area (TPSA) is 98.1 Å². The van der Waals surface area contributed by atoms with Gasteiger partial charge in [-0.15, -0.1) is 13.2 Å². The quantitative estimate of drug-likeness (QED) is 0.529. The number of benzene rings is 2. The maximum Gasteiger partial charge on any atom is 0.573 e.